The fourth-order valence-electron chi connectivity index (χ4n) is 1.85. The second-order valence-electron chi connectivity index (χ2n) is 6.91. The number of hydrogen-bond donors (Lipinski definition) is 0. The molecule has 0 unspecified atom stereocenters. The molecule has 0 rings (SSSR count). The molecule has 2 nitrogen and oxygen atoms in total. The van der Waals surface area contributed by atoms with Crippen molar-refractivity contribution in [2.45, 2.75) is 74.1 Å². The van der Waals surface area contributed by atoms with Gasteiger partial charge < -0.3 is 0 Å². The number of nitrogens with zero attached hydrogens (tertiary/aromatic N) is 2. The third kappa shape index (κ3) is 6.70. The van der Waals surface area contributed by atoms with Crippen molar-refractivity contribution in [1.29, 1.82) is 0 Å². The van der Waals surface area contributed by atoms with Crippen LogP contribution in [0.3, 0.4) is 0 Å². The smallest absolute Gasteiger partial charge is 0.0641 e. The summed E-state index contributed by atoms with van der Waals surface area (Å²) in [6.45, 7) is 19.2. The van der Waals surface area contributed by atoms with Crippen molar-refractivity contribution in [2.75, 3.05) is 0 Å². The molecular weight excluding hydrogens is 232 g/mol. The van der Waals surface area contributed by atoms with Gasteiger partial charge in [-0.05, 0) is 13.3 Å². The molecule has 0 saturated carbocycles. The quantitative estimate of drug-likeness (QED) is 0.370. The van der Waals surface area contributed by atoms with Crippen LogP contribution in [0.15, 0.2) is 34.3 Å². The van der Waals surface area contributed by atoms with Gasteiger partial charge in [0.05, 0.1) is 11.4 Å². The first-order valence-electron chi connectivity index (χ1n) is 7.43. The van der Waals surface area contributed by atoms with Gasteiger partial charge >= 0.3 is 0 Å². The Hall–Kier alpha value is -0.920. The van der Waals surface area contributed by atoms with E-state index in [0.717, 1.165) is 17.8 Å². The van der Waals surface area contributed by atoms with Crippen LogP contribution in [0.5, 0.6) is 0 Å². The number of azo groups is 1. The molecular formula is C17H32N2. The van der Waals surface area contributed by atoms with E-state index in [1.54, 1.807) is 0 Å². The monoisotopic (exact) mass is 264 g/mol. The van der Waals surface area contributed by atoms with Crippen LogP contribution in [0.25, 0.3) is 0 Å². The van der Waals surface area contributed by atoms with Crippen LogP contribution in [0.2, 0.25) is 0 Å². The molecule has 0 saturated heterocycles. The maximum atomic E-state index is 4.39. The SMILES string of the molecule is C=C(/N=N\C(=C/C)C(C)(C)C)C(C)(C)CCCCC. The van der Waals surface area contributed by atoms with Crippen molar-refractivity contribution in [2.24, 2.45) is 21.1 Å². The van der Waals surface area contributed by atoms with Gasteiger partial charge in [0, 0.05) is 10.8 Å². The van der Waals surface area contributed by atoms with Crippen molar-refractivity contribution >= 4 is 0 Å². The molecule has 0 aliphatic heterocycles. The van der Waals surface area contributed by atoms with E-state index in [9.17, 15) is 0 Å². The van der Waals surface area contributed by atoms with E-state index in [-0.39, 0.29) is 10.8 Å². The molecule has 0 aliphatic rings. The van der Waals surface area contributed by atoms with E-state index < -0.39 is 0 Å². The van der Waals surface area contributed by atoms with Crippen LogP contribution in [0.4, 0.5) is 0 Å². The second kappa shape index (κ2) is 7.62. The molecule has 0 aromatic heterocycles. The molecule has 0 fully saturated rings. The zero-order chi connectivity index (χ0) is 15.1. The summed E-state index contributed by atoms with van der Waals surface area (Å²) in [5, 5.41) is 8.77. The molecule has 0 aromatic carbocycles. The lowest BCUT2D eigenvalue weighted by Gasteiger charge is -2.24. The minimum atomic E-state index is 0.0326. The number of allylic oxidation sites excluding steroid dienone is 3. The summed E-state index contributed by atoms with van der Waals surface area (Å²) < 4.78 is 0. The molecule has 19 heavy (non-hydrogen) atoms. The molecule has 0 aromatic rings. The van der Waals surface area contributed by atoms with E-state index in [2.05, 4.69) is 58.3 Å². The summed E-state index contributed by atoms with van der Waals surface area (Å²) in [7, 11) is 0. The highest BCUT2D eigenvalue weighted by Crippen LogP contribution is 2.34. The fourth-order valence-corrected chi connectivity index (χ4v) is 1.85. The van der Waals surface area contributed by atoms with Gasteiger partial charge in [-0.25, -0.2) is 0 Å². The molecule has 0 bridgehead atoms. The first-order valence-corrected chi connectivity index (χ1v) is 7.43. The topological polar surface area (TPSA) is 24.7 Å². The normalized spacial score (nSPS) is 14.2. The minimum Gasteiger partial charge on any atom is -0.155 e. The van der Waals surface area contributed by atoms with Gasteiger partial charge in [-0.2, -0.15) is 10.2 Å². The molecule has 0 amide bonds. The largest absolute Gasteiger partial charge is 0.155 e. The summed E-state index contributed by atoms with van der Waals surface area (Å²) in [5.74, 6) is 0. The van der Waals surface area contributed by atoms with E-state index in [1.165, 1.54) is 19.3 Å². The standard InChI is InChI=1S/C17H32N2/c1-9-11-12-13-17(7,8)14(3)18-19-15(10-2)16(4,5)6/h10H,3,9,11-13H2,1-2,4-8H3/b15-10-,19-18-. The third-order valence-electron chi connectivity index (χ3n) is 3.51. The Morgan fingerprint density at radius 1 is 1.05 bits per heavy atom. The minimum absolute atomic E-state index is 0.0326. The average Bonchev–Trinajstić information content (AvgIpc) is 2.27. The van der Waals surface area contributed by atoms with Crippen LogP contribution in [-0.2, 0) is 0 Å². The van der Waals surface area contributed by atoms with Crippen molar-refractivity contribution < 1.29 is 0 Å². The van der Waals surface area contributed by atoms with Crippen LogP contribution in [0.1, 0.15) is 74.1 Å². The number of unbranched alkanes of at least 4 members (excludes halogenated alkanes) is 2. The number of hydrogen-bond acceptors (Lipinski definition) is 2. The van der Waals surface area contributed by atoms with Crippen LogP contribution < -0.4 is 0 Å². The van der Waals surface area contributed by atoms with E-state index in [1.807, 2.05) is 13.0 Å². The molecule has 0 heterocycles. The summed E-state index contributed by atoms with van der Waals surface area (Å²) in [6.07, 6.45) is 6.90. The predicted molar refractivity (Wildman–Crippen MR) is 85.1 cm³/mol. The Kier molecular flexibility index (Phi) is 7.25. The second-order valence-corrected chi connectivity index (χ2v) is 6.91. The third-order valence-corrected chi connectivity index (χ3v) is 3.51. The summed E-state index contributed by atoms with van der Waals surface area (Å²) in [5.41, 5.74) is 1.96. The Morgan fingerprint density at radius 2 is 1.63 bits per heavy atom. The highest BCUT2D eigenvalue weighted by atomic mass is 15.1. The summed E-state index contributed by atoms with van der Waals surface area (Å²) in [4.78, 5) is 0. The van der Waals surface area contributed by atoms with E-state index in [4.69, 9.17) is 0 Å². The molecule has 0 radical (unpaired) electrons. The number of rotatable bonds is 7. The zero-order valence-electron chi connectivity index (χ0n) is 14.0. The van der Waals surface area contributed by atoms with Crippen LogP contribution in [-0.4, -0.2) is 0 Å². The van der Waals surface area contributed by atoms with Crippen LogP contribution >= 0.6 is 0 Å². The van der Waals surface area contributed by atoms with Crippen molar-refractivity contribution in [3.05, 3.63) is 24.0 Å². The van der Waals surface area contributed by atoms with Crippen molar-refractivity contribution in [3.8, 4) is 0 Å². The average molecular weight is 264 g/mol. The lowest BCUT2D eigenvalue weighted by Crippen LogP contribution is -2.13. The van der Waals surface area contributed by atoms with Gasteiger partial charge in [0.2, 0.25) is 0 Å². The first-order chi connectivity index (χ1) is 8.65. The Bertz CT molecular complexity index is 341. The molecule has 0 aliphatic carbocycles. The zero-order valence-corrected chi connectivity index (χ0v) is 14.0. The highest BCUT2D eigenvalue weighted by molar-refractivity contribution is 5.10. The summed E-state index contributed by atoms with van der Waals surface area (Å²) in [6, 6.07) is 0. The maximum absolute atomic E-state index is 4.39. The molecule has 2 heteroatoms. The molecule has 0 atom stereocenters. The lowest BCUT2D eigenvalue weighted by molar-refractivity contribution is 0.379. The Morgan fingerprint density at radius 3 is 2.05 bits per heavy atom. The van der Waals surface area contributed by atoms with Gasteiger partial charge in [-0.3, -0.25) is 0 Å². The molecule has 0 N–H and O–H groups in total. The van der Waals surface area contributed by atoms with Gasteiger partial charge in [-0.1, -0.05) is 73.5 Å². The van der Waals surface area contributed by atoms with Gasteiger partial charge in [-0.15, -0.1) is 0 Å². The van der Waals surface area contributed by atoms with Crippen molar-refractivity contribution in [3.63, 3.8) is 0 Å². The fraction of sp³-hybridized carbons (Fsp3) is 0.765. The van der Waals surface area contributed by atoms with Crippen LogP contribution in [0, 0.1) is 10.8 Å². The predicted octanol–water partition coefficient (Wildman–Crippen LogP) is 6.51. The van der Waals surface area contributed by atoms with Gasteiger partial charge in [0.15, 0.2) is 0 Å². The van der Waals surface area contributed by atoms with E-state index >= 15 is 0 Å². The summed E-state index contributed by atoms with van der Waals surface area (Å²) >= 11 is 0. The van der Waals surface area contributed by atoms with Gasteiger partial charge in [0.1, 0.15) is 0 Å². The molecule has 0 spiro atoms. The lowest BCUT2D eigenvalue weighted by atomic mass is 9.84. The Balaban J connectivity index is 4.67. The van der Waals surface area contributed by atoms with Gasteiger partial charge in [0.25, 0.3) is 0 Å². The highest BCUT2D eigenvalue weighted by Gasteiger charge is 2.22. The Labute approximate surface area is 120 Å². The molecule has 110 valence electrons. The van der Waals surface area contributed by atoms with Crippen molar-refractivity contribution in [1.82, 2.24) is 0 Å². The first kappa shape index (κ1) is 18.1. The van der Waals surface area contributed by atoms with E-state index in [0.29, 0.717) is 0 Å². The maximum Gasteiger partial charge on any atom is 0.0641 e.